The lowest BCUT2D eigenvalue weighted by molar-refractivity contribution is 0.0421. The normalized spacial score (nSPS) is 10.7. The maximum absolute atomic E-state index is 12.9. The molecule has 0 N–H and O–H groups in total. The zero-order valence-electron chi connectivity index (χ0n) is 15.9. The Hall–Kier alpha value is -4.08. The zero-order chi connectivity index (χ0) is 20.9. The molecule has 2 heterocycles. The molecular weight excluding hydrogens is 393 g/mol. The second kappa shape index (κ2) is 8.52. The Morgan fingerprint density at radius 1 is 1.07 bits per heavy atom. The first-order chi connectivity index (χ1) is 14.6. The molecule has 4 aromatic rings. The molecule has 10 heteroatoms. The van der Waals surface area contributed by atoms with Crippen LogP contribution in [0.1, 0.15) is 27.9 Å². The van der Waals surface area contributed by atoms with Crippen LogP contribution in [-0.2, 0) is 18.0 Å². The van der Waals surface area contributed by atoms with E-state index in [0.717, 1.165) is 5.69 Å². The highest BCUT2D eigenvalue weighted by Gasteiger charge is 2.19. The lowest BCUT2D eigenvalue weighted by atomic mass is 10.3. The maximum atomic E-state index is 12.9. The summed E-state index contributed by atoms with van der Waals surface area (Å²) in [6.45, 7) is 1.47. The van der Waals surface area contributed by atoms with E-state index in [0.29, 0.717) is 11.4 Å². The van der Waals surface area contributed by atoms with Crippen LogP contribution in [0.15, 0.2) is 59.1 Å². The van der Waals surface area contributed by atoms with Crippen LogP contribution >= 0.6 is 0 Å². The summed E-state index contributed by atoms with van der Waals surface area (Å²) in [4.78, 5) is 17.8. The molecule has 0 atom stereocenters. The minimum absolute atomic E-state index is 0.0214. The van der Waals surface area contributed by atoms with Crippen molar-refractivity contribution < 1.29 is 23.2 Å². The third-order valence-corrected chi connectivity index (χ3v) is 3.98. The van der Waals surface area contributed by atoms with Crippen LogP contribution in [0, 0.1) is 12.7 Å². The van der Waals surface area contributed by atoms with Gasteiger partial charge in [0.2, 0.25) is 5.82 Å². The van der Waals surface area contributed by atoms with Gasteiger partial charge in [0.1, 0.15) is 11.6 Å². The van der Waals surface area contributed by atoms with E-state index in [-0.39, 0.29) is 36.4 Å². The van der Waals surface area contributed by atoms with Crippen molar-refractivity contribution in [3.8, 4) is 11.4 Å². The molecular formula is C20H16FN5O4. The number of aryl methyl sites for hydroxylation is 1. The minimum atomic E-state index is -0.656. The summed E-state index contributed by atoms with van der Waals surface area (Å²) in [7, 11) is 0. The molecule has 152 valence electrons. The van der Waals surface area contributed by atoms with Crippen molar-refractivity contribution in [2.45, 2.75) is 20.1 Å². The van der Waals surface area contributed by atoms with E-state index in [2.05, 4.69) is 20.3 Å². The van der Waals surface area contributed by atoms with Gasteiger partial charge in [-0.1, -0.05) is 23.4 Å². The predicted octanol–water partition coefficient (Wildman–Crippen LogP) is 3.03. The quantitative estimate of drug-likeness (QED) is 0.429. The molecule has 0 fully saturated rings. The monoisotopic (exact) mass is 409 g/mol. The van der Waals surface area contributed by atoms with Gasteiger partial charge in [-0.2, -0.15) is 14.9 Å². The Balaban J connectivity index is 1.33. The predicted molar refractivity (Wildman–Crippen MR) is 100 cm³/mol. The van der Waals surface area contributed by atoms with Crippen LogP contribution in [0.3, 0.4) is 0 Å². The van der Waals surface area contributed by atoms with Gasteiger partial charge >= 0.3 is 5.97 Å². The molecule has 0 aliphatic rings. The number of hydrogen-bond acceptors (Lipinski definition) is 8. The molecule has 9 nitrogen and oxygen atoms in total. The molecule has 0 saturated carbocycles. The number of carbonyl (C=O) groups excluding carboxylic acids is 1. The fraction of sp³-hybridized carbons (Fsp3) is 0.150. The number of para-hydroxylation sites is 1. The second-order valence-electron chi connectivity index (χ2n) is 6.18. The lowest BCUT2D eigenvalue weighted by Gasteiger charge is -2.02. The highest BCUT2D eigenvalue weighted by Crippen LogP contribution is 2.13. The van der Waals surface area contributed by atoms with E-state index in [9.17, 15) is 9.18 Å². The van der Waals surface area contributed by atoms with E-state index in [1.165, 1.54) is 29.1 Å². The highest BCUT2D eigenvalue weighted by atomic mass is 19.1. The topological polar surface area (TPSA) is 105 Å². The summed E-state index contributed by atoms with van der Waals surface area (Å²) >= 11 is 0. The van der Waals surface area contributed by atoms with Crippen molar-refractivity contribution in [2.75, 3.05) is 0 Å². The highest BCUT2D eigenvalue weighted by molar-refractivity contribution is 5.88. The fourth-order valence-corrected chi connectivity index (χ4v) is 2.53. The zero-order valence-corrected chi connectivity index (χ0v) is 15.9. The van der Waals surface area contributed by atoms with E-state index in [1.54, 1.807) is 6.92 Å². The van der Waals surface area contributed by atoms with Crippen LogP contribution in [0.25, 0.3) is 5.69 Å². The van der Waals surface area contributed by atoms with Crippen molar-refractivity contribution in [1.82, 2.24) is 25.1 Å². The van der Waals surface area contributed by atoms with Gasteiger partial charge < -0.3 is 14.0 Å². The van der Waals surface area contributed by atoms with Gasteiger partial charge in [0.15, 0.2) is 18.9 Å². The number of nitrogens with zero attached hydrogens (tertiary/aromatic N) is 5. The number of hydrogen-bond donors (Lipinski definition) is 0. The van der Waals surface area contributed by atoms with Gasteiger partial charge in [-0.05, 0) is 43.3 Å². The van der Waals surface area contributed by atoms with E-state index < -0.39 is 5.97 Å². The summed E-state index contributed by atoms with van der Waals surface area (Å²) in [5, 5.41) is 12.2. The molecule has 0 spiro atoms. The number of halogens is 1. The van der Waals surface area contributed by atoms with Crippen LogP contribution in [0.4, 0.5) is 4.39 Å². The number of benzene rings is 2. The number of ether oxygens (including phenoxy) is 2. The Bertz CT molecular complexity index is 1140. The molecule has 4 rings (SSSR count). The number of aromatic nitrogens is 5. The second-order valence-corrected chi connectivity index (χ2v) is 6.18. The molecule has 0 bridgehead atoms. The molecule has 30 heavy (non-hydrogen) atoms. The first-order valence-corrected chi connectivity index (χ1v) is 8.95. The Kier molecular flexibility index (Phi) is 5.46. The first-order valence-electron chi connectivity index (χ1n) is 8.95. The summed E-state index contributed by atoms with van der Waals surface area (Å²) in [5.74, 6) is -0.182. The Labute approximate surface area is 170 Å². The molecule has 0 radical (unpaired) electrons. The van der Waals surface area contributed by atoms with Crippen molar-refractivity contribution in [2.24, 2.45) is 0 Å². The summed E-state index contributed by atoms with van der Waals surface area (Å²) < 4.78 is 28.6. The number of esters is 1. The average molecular weight is 409 g/mol. The van der Waals surface area contributed by atoms with E-state index in [4.69, 9.17) is 14.0 Å². The summed E-state index contributed by atoms with van der Waals surface area (Å²) in [5.41, 5.74) is 1.25. The summed E-state index contributed by atoms with van der Waals surface area (Å²) in [6.07, 6.45) is 0. The number of carbonyl (C=O) groups is 1. The molecule has 2 aromatic carbocycles. The van der Waals surface area contributed by atoms with E-state index in [1.807, 2.05) is 30.3 Å². The molecule has 0 unspecified atom stereocenters. The van der Waals surface area contributed by atoms with Crippen molar-refractivity contribution in [1.29, 1.82) is 0 Å². The smallest absolute Gasteiger partial charge is 0.361 e. The number of rotatable bonds is 7. The average Bonchev–Trinajstić information content (AvgIpc) is 3.39. The van der Waals surface area contributed by atoms with Gasteiger partial charge in [-0.25, -0.2) is 9.18 Å². The standard InChI is InChI=1S/C20H16FN5O4/c1-13-19(24-26(23-13)15-5-3-2-4-6-15)20(27)29-12-18-22-17(25-30-18)11-28-16-9-7-14(21)8-10-16/h2-10H,11-12H2,1H3. The van der Waals surface area contributed by atoms with Crippen LogP contribution < -0.4 is 4.74 Å². The van der Waals surface area contributed by atoms with Crippen LogP contribution in [0.2, 0.25) is 0 Å². The Morgan fingerprint density at radius 3 is 2.60 bits per heavy atom. The minimum Gasteiger partial charge on any atom is -0.485 e. The van der Waals surface area contributed by atoms with Gasteiger partial charge in [0.25, 0.3) is 5.89 Å². The van der Waals surface area contributed by atoms with Crippen LogP contribution in [-0.4, -0.2) is 31.1 Å². The van der Waals surface area contributed by atoms with E-state index >= 15 is 0 Å². The fourth-order valence-electron chi connectivity index (χ4n) is 2.53. The molecule has 0 aliphatic heterocycles. The maximum Gasteiger partial charge on any atom is 0.361 e. The third-order valence-electron chi connectivity index (χ3n) is 3.98. The molecule has 2 aromatic heterocycles. The van der Waals surface area contributed by atoms with Crippen LogP contribution in [0.5, 0.6) is 5.75 Å². The van der Waals surface area contributed by atoms with Crippen molar-refractivity contribution >= 4 is 5.97 Å². The third kappa shape index (κ3) is 4.49. The molecule has 0 saturated heterocycles. The van der Waals surface area contributed by atoms with Gasteiger partial charge in [0.05, 0.1) is 11.4 Å². The Morgan fingerprint density at radius 2 is 1.83 bits per heavy atom. The summed E-state index contributed by atoms with van der Waals surface area (Å²) in [6, 6.07) is 14.8. The van der Waals surface area contributed by atoms with Crippen molar-refractivity contribution in [3.63, 3.8) is 0 Å². The SMILES string of the molecule is Cc1nn(-c2ccccc2)nc1C(=O)OCc1nc(COc2ccc(F)cc2)no1. The molecule has 0 aliphatic carbocycles. The first kappa shape index (κ1) is 19.2. The lowest BCUT2D eigenvalue weighted by Crippen LogP contribution is -2.08. The molecule has 0 amide bonds. The van der Waals surface area contributed by atoms with Crippen molar-refractivity contribution in [3.05, 3.63) is 83.5 Å². The largest absolute Gasteiger partial charge is 0.485 e. The van der Waals surface area contributed by atoms with Gasteiger partial charge in [0, 0.05) is 0 Å². The van der Waals surface area contributed by atoms with Gasteiger partial charge in [-0.15, -0.1) is 5.10 Å². The van der Waals surface area contributed by atoms with Gasteiger partial charge in [-0.3, -0.25) is 0 Å².